The third-order valence-corrected chi connectivity index (χ3v) is 3.09. The molecule has 0 aliphatic rings. The first-order valence-corrected chi connectivity index (χ1v) is 6.15. The Morgan fingerprint density at radius 2 is 2.12 bits per heavy atom. The monoisotopic (exact) mass is 312 g/mol. The quantitative estimate of drug-likeness (QED) is 0.905. The fraction of sp³-hybridized carbons (Fsp3) is 0.0833. The molecule has 2 rings (SSSR count). The molecule has 0 saturated heterocycles. The normalized spacial score (nSPS) is 10.2. The summed E-state index contributed by atoms with van der Waals surface area (Å²) in [6.07, 6.45) is 1.42. The van der Waals surface area contributed by atoms with Crippen molar-refractivity contribution in [1.29, 1.82) is 0 Å². The highest BCUT2D eigenvalue weighted by molar-refractivity contribution is 9.10. The molecule has 0 fully saturated rings. The summed E-state index contributed by atoms with van der Waals surface area (Å²) in [5.41, 5.74) is 1.80. The van der Waals surface area contributed by atoms with Gasteiger partial charge in [-0.2, -0.15) is 0 Å². The highest BCUT2D eigenvalue weighted by atomic mass is 79.9. The zero-order valence-electron chi connectivity index (χ0n) is 8.82. The summed E-state index contributed by atoms with van der Waals surface area (Å²) >= 11 is 9.28. The molecule has 17 heavy (non-hydrogen) atoms. The SMILES string of the molecule is Oc1ccc(CNc2ccc(Cl)cc2Br)nc1. The molecule has 1 aromatic heterocycles. The molecule has 2 aromatic rings. The van der Waals surface area contributed by atoms with Crippen LogP contribution in [0.5, 0.6) is 5.75 Å². The molecular weight excluding hydrogens is 304 g/mol. The molecule has 88 valence electrons. The van der Waals surface area contributed by atoms with Gasteiger partial charge >= 0.3 is 0 Å². The number of hydrogen-bond acceptors (Lipinski definition) is 3. The van der Waals surface area contributed by atoms with E-state index in [1.807, 2.05) is 18.2 Å². The topological polar surface area (TPSA) is 45.1 Å². The van der Waals surface area contributed by atoms with Crippen LogP contribution in [0.2, 0.25) is 5.02 Å². The molecule has 0 amide bonds. The Labute approximate surface area is 113 Å². The van der Waals surface area contributed by atoms with Crippen LogP contribution in [0.25, 0.3) is 0 Å². The van der Waals surface area contributed by atoms with Gasteiger partial charge in [-0.25, -0.2) is 0 Å². The molecule has 0 saturated carbocycles. The van der Waals surface area contributed by atoms with Crippen LogP contribution in [0.4, 0.5) is 5.69 Å². The second-order valence-corrected chi connectivity index (χ2v) is 4.78. The van der Waals surface area contributed by atoms with Gasteiger partial charge in [-0.1, -0.05) is 11.6 Å². The van der Waals surface area contributed by atoms with Crippen LogP contribution in [0.1, 0.15) is 5.69 Å². The fourth-order valence-electron chi connectivity index (χ4n) is 1.34. The van der Waals surface area contributed by atoms with Crippen molar-refractivity contribution in [2.45, 2.75) is 6.54 Å². The molecule has 0 spiro atoms. The van der Waals surface area contributed by atoms with Gasteiger partial charge in [0, 0.05) is 15.2 Å². The average Bonchev–Trinajstić information content (AvgIpc) is 2.30. The summed E-state index contributed by atoms with van der Waals surface area (Å²) in [6.45, 7) is 0.584. The Morgan fingerprint density at radius 1 is 1.29 bits per heavy atom. The lowest BCUT2D eigenvalue weighted by atomic mass is 10.3. The third kappa shape index (κ3) is 3.35. The van der Waals surface area contributed by atoms with E-state index in [-0.39, 0.29) is 5.75 Å². The lowest BCUT2D eigenvalue weighted by Gasteiger charge is -2.08. The number of anilines is 1. The molecule has 0 bridgehead atoms. The van der Waals surface area contributed by atoms with Crippen molar-refractivity contribution in [3.63, 3.8) is 0 Å². The fourth-order valence-corrected chi connectivity index (χ4v) is 2.16. The maximum Gasteiger partial charge on any atom is 0.133 e. The summed E-state index contributed by atoms with van der Waals surface area (Å²) in [4.78, 5) is 4.09. The van der Waals surface area contributed by atoms with Crippen LogP contribution in [0.15, 0.2) is 41.0 Å². The Bertz CT molecular complexity index is 516. The van der Waals surface area contributed by atoms with Gasteiger partial charge in [-0.3, -0.25) is 4.98 Å². The second-order valence-electron chi connectivity index (χ2n) is 3.49. The van der Waals surface area contributed by atoms with Crippen LogP contribution in [-0.4, -0.2) is 10.1 Å². The zero-order chi connectivity index (χ0) is 12.3. The van der Waals surface area contributed by atoms with E-state index in [0.29, 0.717) is 11.6 Å². The van der Waals surface area contributed by atoms with Crippen LogP contribution < -0.4 is 5.32 Å². The van der Waals surface area contributed by atoms with Crippen LogP contribution in [-0.2, 0) is 6.54 Å². The predicted molar refractivity (Wildman–Crippen MR) is 72.4 cm³/mol. The third-order valence-electron chi connectivity index (χ3n) is 2.20. The average molecular weight is 314 g/mol. The van der Waals surface area contributed by atoms with E-state index < -0.39 is 0 Å². The van der Waals surface area contributed by atoms with Crippen molar-refractivity contribution in [3.8, 4) is 5.75 Å². The number of nitrogens with one attached hydrogen (secondary N) is 1. The minimum absolute atomic E-state index is 0.168. The number of rotatable bonds is 3. The van der Waals surface area contributed by atoms with Crippen molar-refractivity contribution in [1.82, 2.24) is 4.98 Å². The zero-order valence-corrected chi connectivity index (χ0v) is 11.2. The van der Waals surface area contributed by atoms with Crippen molar-refractivity contribution in [3.05, 3.63) is 51.7 Å². The van der Waals surface area contributed by atoms with Gasteiger partial charge in [-0.05, 0) is 46.3 Å². The van der Waals surface area contributed by atoms with Crippen molar-refractivity contribution >= 4 is 33.2 Å². The molecular formula is C12H10BrClN2O. The minimum atomic E-state index is 0.168. The molecule has 0 aliphatic carbocycles. The smallest absolute Gasteiger partial charge is 0.133 e. The molecule has 2 N–H and O–H groups in total. The molecule has 0 unspecified atom stereocenters. The number of benzene rings is 1. The maximum atomic E-state index is 9.11. The van der Waals surface area contributed by atoms with Gasteiger partial charge in [0.1, 0.15) is 5.75 Å². The number of aromatic nitrogens is 1. The Kier molecular flexibility index (Phi) is 3.86. The molecule has 0 atom stereocenters. The summed E-state index contributed by atoms with van der Waals surface area (Å²) in [5.74, 6) is 0.168. The van der Waals surface area contributed by atoms with E-state index in [0.717, 1.165) is 15.9 Å². The minimum Gasteiger partial charge on any atom is -0.506 e. The summed E-state index contributed by atoms with van der Waals surface area (Å²) in [5, 5.41) is 13.0. The highest BCUT2D eigenvalue weighted by Crippen LogP contribution is 2.26. The van der Waals surface area contributed by atoms with E-state index in [1.165, 1.54) is 6.20 Å². The first-order chi connectivity index (χ1) is 8.15. The van der Waals surface area contributed by atoms with E-state index in [9.17, 15) is 0 Å². The van der Waals surface area contributed by atoms with Crippen molar-refractivity contribution < 1.29 is 5.11 Å². The van der Waals surface area contributed by atoms with E-state index >= 15 is 0 Å². The second kappa shape index (κ2) is 5.38. The highest BCUT2D eigenvalue weighted by Gasteiger charge is 2.01. The van der Waals surface area contributed by atoms with Gasteiger partial charge in [0.2, 0.25) is 0 Å². The van der Waals surface area contributed by atoms with Gasteiger partial charge in [0.15, 0.2) is 0 Å². The van der Waals surface area contributed by atoms with Gasteiger partial charge in [0.05, 0.1) is 18.4 Å². The number of aromatic hydroxyl groups is 1. The predicted octanol–water partition coefficient (Wildman–Crippen LogP) is 3.82. The standard InChI is InChI=1S/C12H10BrClN2O/c13-11-5-8(14)1-4-12(11)16-6-9-2-3-10(17)7-15-9/h1-5,7,16-17H,6H2. The Balaban J connectivity index is 2.04. The molecule has 3 nitrogen and oxygen atoms in total. The van der Waals surface area contributed by atoms with Gasteiger partial charge in [-0.15, -0.1) is 0 Å². The van der Waals surface area contributed by atoms with E-state index in [2.05, 4.69) is 26.2 Å². The summed E-state index contributed by atoms with van der Waals surface area (Å²) in [7, 11) is 0. The molecule has 5 heteroatoms. The number of hydrogen-bond donors (Lipinski definition) is 2. The Morgan fingerprint density at radius 3 is 2.76 bits per heavy atom. The van der Waals surface area contributed by atoms with Crippen LogP contribution >= 0.6 is 27.5 Å². The number of halogens is 2. The van der Waals surface area contributed by atoms with Crippen LogP contribution in [0.3, 0.4) is 0 Å². The molecule has 1 heterocycles. The summed E-state index contributed by atoms with van der Waals surface area (Å²) in [6, 6.07) is 8.92. The van der Waals surface area contributed by atoms with Gasteiger partial charge in [0.25, 0.3) is 0 Å². The molecule has 0 aliphatic heterocycles. The van der Waals surface area contributed by atoms with E-state index in [1.54, 1.807) is 12.1 Å². The first-order valence-electron chi connectivity index (χ1n) is 4.98. The molecule has 1 aromatic carbocycles. The first kappa shape index (κ1) is 12.2. The van der Waals surface area contributed by atoms with E-state index in [4.69, 9.17) is 16.7 Å². The van der Waals surface area contributed by atoms with Crippen molar-refractivity contribution in [2.75, 3.05) is 5.32 Å². The van der Waals surface area contributed by atoms with Crippen molar-refractivity contribution in [2.24, 2.45) is 0 Å². The largest absolute Gasteiger partial charge is 0.506 e. The number of pyridine rings is 1. The number of nitrogens with zero attached hydrogens (tertiary/aromatic N) is 1. The lowest BCUT2D eigenvalue weighted by Crippen LogP contribution is -2.01. The molecule has 0 radical (unpaired) electrons. The maximum absolute atomic E-state index is 9.11. The lowest BCUT2D eigenvalue weighted by molar-refractivity contribution is 0.472. The van der Waals surface area contributed by atoms with Gasteiger partial charge < -0.3 is 10.4 Å². The summed E-state index contributed by atoms with van der Waals surface area (Å²) < 4.78 is 0.906. The van der Waals surface area contributed by atoms with Crippen LogP contribution in [0, 0.1) is 0 Å². The Hall–Kier alpha value is -1.26.